The standard InChI is InChI=1S/C22H22N2O3S/c1-15-9-11-23(18-5-3-4-6-19(18)27-2)21(25)20(15)22(26)24(17-7-8-17)13-16-10-12-28-14-16/h3-6,9-12,14,17H,7-8,13H2,1-2H3. The van der Waals surface area contributed by atoms with Crippen LogP contribution in [0.3, 0.4) is 0 Å². The zero-order chi connectivity index (χ0) is 19.7. The number of carbonyl (C=O) groups is 1. The lowest BCUT2D eigenvalue weighted by Gasteiger charge is -2.23. The van der Waals surface area contributed by atoms with E-state index in [1.54, 1.807) is 30.7 Å². The Morgan fingerprint density at radius 1 is 1.25 bits per heavy atom. The number of amides is 1. The fourth-order valence-corrected chi connectivity index (χ4v) is 4.04. The van der Waals surface area contributed by atoms with E-state index in [1.807, 2.05) is 52.9 Å². The van der Waals surface area contributed by atoms with Crippen molar-refractivity contribution in [3.8, 4) is 11.4 Å². The van der Waals surface area contributed by atoms with Crippen LogP contribution >= 0.6 is 11.3 Å². The first-order chi connectivity index (χ1) is 13.6. The topological polar surface area (TPSA) is 51.5 Å². The van der Waals surface area contributed by atoms with Gasteiger partial charge in [0.05, 0.1) is 12.8 Å². The molecule has 1 aromatic carbocycles. The van der Waals surface area contributed by atoms with Gasteiger partial charge in [0, 0.05) is 18.8 Å². The Hall–Kier alpha value is -2.86. The molecule has 0 saturated heterocycles. The van der Waals surface area contributed by atoms with Gasteiger partial charge in [0.15, 0.2) is 0 Å². The lowest BCUT2D eigenvalue weighted by atomic mass is 10.1. The Morgan fingerprint density at radius 2 is 2.04 bits per heavy atom. The van der Waals surface area contributed by atoms with Crippen LogP contribution in [0.15, 0.2) is 58.1 Å². The molecular formula is C22H22N2O3S. The maximum atomic E-state index is 13.4. The first-order valence-electron chi connectivity index (χ1n) is 9.28. The molecule has 0 N–H and O–H groups in total. The van der Waals surface area contributed by atoms with E-state index in [0.717, 1.165) is 18.4 Å². The van der Waals surface area contributed by atoms with Gasteiger partial charge in [-0.15, -0.1) is 0 Å². The molecule has 1 saturated carbocycles. The lowest BCUT2D eigenvalue weighted by Crippen LogP contribution is -2.38. The van der Waals surface area contributed by atoms with E-state index in [9.17, 15) is 9.59 Å². The summed E-state index contributed by atoms with van der Waals surface area (Å²) in [5, 5.41) is 4.06. The molecule has 0 atom stereocenters. The predicted octanol–water partition coefficient (Wildman–Crippen LogP) is 4.02. The summed E-state index contributed by atoms with van der Waals surface area (Å²) in [7, 11) is 1.57. The highest BCUT2D eigenvalue weighted by Crippen LogP contribution is 2.30. The molecule has 0 radical (unpaired) electrons. The van der Waals surface area contributed by atoms with Crippen LogP contribution in [-0.2, 0) is 6.54 Å². The Morgan fingerprint density at radius 3 is 2.71 bits per heavy atom. The summed E-state index contributed by atoms with van der Waals surface area (Å²) in [4.78, 5) is 28.6. The molecule has 1 aliphatic rings. The number of para-hydroxylation sites is 2. The molecule has 5 nitrogen and oxygen atoms in total. The van der Waals surface area contributed by atoms with Crippen molar-refractivity contribution in [3.05, 3.63) is 80.4 Å². The third kappa shape index (κ3) is 3.47. The van der Waals surface area contributed by atoms with Crippen LogP contribution in [0.25, 0.3) is 5.69 Å². The Labute approximate surface area is 167 Å². The predicted molar refractivity (Wildman–Crippen MR) is 111 cm³/mol. The van der Waals surface area contributed by atoms with Gasteiger partial charge in [-0.2, -0.15) is 11.3 Å². The number of carbonyl (C=O) groups excluding carboxylic acids is 1. The van der Waals surface area contributed by atoms with Crippen LogP contribution in [0, 0.1) is 6.92 Å². The maximum absolute atomic E-state index is 13.4. The molecule has 0 unspecified atom stereocenters. The number of pyridine rings is 1. The van der Waals surface area contributed by atoms with Crippen LogP contribution in [0.4, 0.5) is 0 Å². The van der Waals surface area contributed by atoms with Crippen LogP contribution in [-0.4, -0.2) is 28.5 Å². The van der Waals surface area contributed by atoms with Gasteiger partial charge in [0.25, 0.3) is 11.5 Å². The highest BCUT2D eigenvalue weighted by Gasteiger charge is 2.35. The van der Waals surface area contributed by atoms with E-state index in [1.165, 1.54) is 4.57 Å². The van der Waals surface area contributed by atoms with Crippen LogP contribution in [0.1, 0.15) is 34.3 Å². The average molecular weight is 394 g/mol. The summed E-state index contributed by atoms with van der Waals surface area (Å²) in [6.45, 7) is 2.35. The van der Waals surface area contributed by atoms with E-state index in [-0.39, 0.29) is 23.1 Å². The number of benzene rings is 1. The third-order valence-corrected chi connectivity index (χ3v) is 5.77. The largest absolute Gasteiger partial charge is 0.495 e. The molecule has 6 heteroatoms. The van der Waals surface area contributed by atoms with Gasteiger partial charge in [-0.25, -0.2) is 0 Å². The Kier molecular flexibility index (Phi) is 5.05. The Bertz CT molecular complexity index is 1050. The van der Waals surface area contributed by atoms with Crippen molar-refractivity contribution in [2.24, 2.45) is 0 Å². The molecule has 1 aliphatic carbocycles. The smallest absolute Gasteiger partial charge is 0.268 e. The molecule has 28 heavy (non-hydrogen) atoms. The second-order valence-corrected chi connectivity index (χ2v) is 7.80. The molecule has 2 aromatic heterocycles. The van der Waals surface area contributed by atoms with Crippen molar-refractivity contribution < 1.29 is 9.53 Å². The summed E-state index contributed by atoms with van der Waals surface area (Å²) < 4.78 is 6.89. The van der Waals surface area contributed by atoms with Crippen molar-refractivity contribution in [1.82, 2.24) is 9.47 Å². The van der Waals surface area contributed by atoms with Crippen molar-refractivity contribution in [3.63, 3.8) is 0 Å². The molecule has 1 fully saturated rings. The van der Waals surface area contributed by atoms with E-state index in [4.69, 9.17) is 4.74 Å². The maximum Gasteiger partial charge on any atom is 0.268 e. The minimum Gasteiger partial charge on any atom is -0.495 e. The number of thiophene rings is 1. The molecular weight excluding hydrogens is 372 g/mol. The van der Waals surface area contributed by atoms with E-state index < -0.39 is 0 Å². The second-order valence-electron chi connectivity index (χ2n) is 7.02. The minimum atomic E-state index is -0.314. The number of aromatic nitrogens is 1. The SMILES string of the molecule is COc1ccccc1-n1ccc(C)c(C(=O)N(Cc2ccsc2)C2CC2)c1=O. The molecule has 3 aromatic rings. The highest BCUT2D eigenvalue weighted by atomic mass is 32.1. The summed E-state index contributed by atoms with van der Waals surface area (Å²) in [5.41, 5.74) is 2.34. The zero-order valence-electron chi connectivity index (χ0n) is 15.9. The second kappa shape index (κ2) is 7.64. The summed E-state index contributed by atoms with van der Waals surface area (Å²) in [6.07, 6.45) is 3.68. The summed E-state index contributed by atoms with van der Waals surface area (Å²) >= 11 is 1.61. The number of hydrogen-bond donors (Lipinski definition) is 0. The van der Waals surface area contributed by atoms with Crippen molar-refractivity contribution in [1.29, 1.82) is 0 Å². The number of ether oxygens (including phenoxy) is 1. The quantitative estimate of drug-likeness (QED) is 0.634. The normalized spacial score (nSPS) is 13.4. The molecule has 1 amide bonds. The number of aryl methyl sites for hydroxylation is 1. The minimum absolute atomic E-state index is 0.194. The van der Waals surface area contributed by atoms with Crippen molar-refractivity contribution in [2.45, 2.75) is 32.4 Å². The van der Waals surface area contributed by atoms with E-state index >= 15 is 0 Å². The molecule has 144 valence electrons. The molecule has 0 spiro atoms. The molecule has 0 bridgehead atoms. The van der Waals surface area contributed by atoms with E-state index in [0.29, 0.717) is 23.5 Å². The monoisotopic (exact) mass is 394 g/mol. The van der Waals surface area contributed by atoms with Crippen LogP contribution < -0.4 is 10.3 Å². The number of rotatable bonds is 6. The molecule has 4 rings (SSSR count). The number of methoxy groups -OCH3 is 1. The van der Waals surface area contributed by atoms with Gasteiger partial charge in [-0.05, 0) is 65.9 Å². The third-order valence-electron chi connectivity index (χ3n) is 5.04. The van der Waals surface area contributed by atoms with E-state index in [2.05, 4.69) is 0 Å². The number of nitrogens with zero attached hydrogens (tertiary/aromatic N) is 2. The Balaban J connectivity index is 1.76. The van der Waals surface area contributed by atoms with Gasteiger partial charge in [-0.3, -0.25) is 14.2 Å². The fourth-order valence-electron chi connectivity index (χ4n) is 3.38. The summed E-state index contributed by atoms with van der Waals surface area (Å²) in [5.74, 6) is 0.393. The fraction of sp³-hybridized carbons (Fsp3) is 0.273. The van der Waals surface area contributed by atoms with Gasteiger partial charge in [0.2, 0.25) is 0 Å². The first kappa shape index (κ1) is 18.5. The van der Waals surface area contributed by atoms with Crippen molar-refractivity contribution >= 4 is 17.2 Å². The highest BCUT2D eigenvalue weighted by molar-refractivity contribution is 7.07. The van der Waals surface area contributed by atoms with Gasteiger partial charge in [0.1, 0.15) is 11.3 Å². The lowest BCUT2D eigenvalue weighted by molar-refractivity contribution is 0.0727. The zero-order valence-corrected chi connectivity index (χ0v) is 16.7. The van der Waals surface area contributed by atoms with Gasteiger partial charge >= 0.3 is 0 Å². The van der Waals surface area contributed by atoms with Crippen molar-refractivity contribution in [2.75, 3.05) is 7.11 Å². The van der Waals surface area contributed by atoms with Gasteiger partial charge in [-0.1, -0.05) is 12.1 Å². The average Bonchev–Trinajstić information content (AvgIpc) is 3.41. The van der Waals surface area contributed by atoms with Crippen LogP contribution in [0.2, 0.25) is 0 Å². The number of hydrogen-bond acceptors (Lipinski definition) is 4. The van der Waals surface area contributed by atoms with Gasteiger partial charge < -0.3 is 9.64 Å². The summed E-state index contributed by atoms with van der Waals surface area (Å²) in [6, 6.07) is 11.4. The molecule has 0 aliphatic heterocycles. The molecule has 2 heterocycles. The first-order valence-corrected chi connectivity index (χ1v) is 10.2. The van der Waals surface area contributed by atoms with Crippen LogP contribution in [0.5, 0.6) is 5.75 Å².